The SMILES string of the molecule is CCCN(CCNC(=NCc1csc(N(C)C)n1)NCC)C(=O)OC(C)(C)C.I. The van der Waals surface area contributed by atoms with Crippen LogP contribution in [0.5, 0.6) is 0 Å². The van der Waals surface area contributed by atoms with E-state index in [-0.39, 0.29) is 30.1 Å². The van der Waals surface area contributed by atoms with Crippen LogP contribution in [0, 0.1) is 0 Å². The molecule has 0 bridgehead atoms. The molecule has 0 aliphatic heterocycles. The minimum atomic E-state index is -0.494. The third-order valence-corrected chi connectivity index (χ3v) is 4.54. The predicted molar refractivity (Wildman–Crippen MR) is 133 cm³/mol. The minimum Gasteiger partial charge on any atom is -0.444 e. The van der Waals surface area contributed by atoms with E-state index in [0.29, 0.717) is 32.1 Å². The number of aromatic nitrogens is 1. The molecular weight excluding hydrogens is 503 g/mol. The molecule has 0 saturated heterocycles. The molecule has 0 radical (unpaired) electrons. The van der Waals surface area contributed by atoms with Crippen LogP contribution in [-0.4, -0.2) is 67.8 Å². The molecule has 2 N–H and O–H groups in total. The maximum Gasteiger partial charge on any atom is 0.410 e. The molecular formula is C19H37IN6O2S. The smallest absolute Gasteiger partial charge is 0.410 e. The topological polar surface area (TPSA) is 82.1 Å². The van der Waals surface area contributed by atoms with Gasteiger partial charge in [0.2, 0.25) is 0 Å². The quantitative estimate of drug-likeness (QED) is 0.284. The number of amides is 1. The lowest BCUT2D eigenvalue weighted by molar-refractivity contribution is 0.0253. The summed E-state index contributed by atoms with van der Waals surface area (Å²) in [5.41, 5.74) is 0.443. The highest BCUT2D eigenvalue weighted by molar-refractivity contribution is 14.0. The van der Waals surface area contributed by atoms with Crippen LogP contribution in [-0.2, 0) is 11.3 Å². The molecule has 168 valence electrons. The van der Waals surface area contributed by atoms with E-state index in [4.69, 9.17) is 4.74 Å². The summed E-state index contributed by atoms with van der Waals surface area (Å²) in [6.45, 7) is 12.8. The lowest BCUT2D eigenvalue weighted by Gasteiger charge is -2.27. The van der Waals surface area contributed by atoms with Gasteiger partial charge in [-0.15, -0.1) is 35.3 Å². The van der Waals surface area contributed by atoms with Gasteiger partial charge in [-0.2, -0.15) is 0 Å². The van der Waals surface area contributed by atoms with Crippen molar-refractivity contribution in [2.45, 2.75) is 53.2 Å². The molecule has 0 aliphatic carbocycles. The van der Waals surface area contributed by atoms with Crippen molar-refractivity contribution in [2.75, 3.05) is 45.2 Å². The molecule has 0 unspecified atom stereocenters. The lowest BCUT2D eigenvalue weighted by Crippen LogP contribution is -2.44. The molecule has 0 atom stereocenters. The molecule has 1 heterocycles. The molecule has 1 aromatic rings. The summed E-state index contributed by atoms with van der Waals surface area (Å²) in [4.78, 5) is 25.2. The second kappa shape index (κ2) is 13.8. The summed E-state index contributed by atoms with van der Waals surface area (Å²) in [6.07, 6.45) is 0.600. The van der Waals surface area contributed by atoms with Crippen molar-refractivity contribution < 1.29 is 9.53 Å². The largest absolute Gasteiger partial charge is 0.444 e. The number of rotatable bonds is 9. The van der Waals surface area contributed by atoms with Crippen LogP contribution in [0.2, 0.25) is 0 Å². The average Bonchev–Trinajstić information content (AvgIpc) is 3.06. The van der Waals surface area contributed by atoms with Gasteiger partial charge in [0, 0.05) is 45.7 Å². The van der Waals surface area contributed by atoms with Gasteiger partial charge in [-0.1, -0.05) is 6.92 Å². The highest BCUT2D eigenvalue weighted by Gasteiger charge is 2.21. The van der Waals surface area contributed by atoms with Crippen molar-refractivity contribution >= 4 is 52.5 Å². The standard InChI is InChI=1S/C19H36N6O2S.HI/c1-8-11-25(18(26)27-19(3,4)5)12-10-21-16(20-9-2)22-13-15-14-28-17(23-15)24(6)7;/h14H,8-13H2,1-7H3,(H2,20,21,22);1H. The van der Waals surface area contributed by atoms with E-state index in [1.807, 2.05) is 59.0 Å². The van der Waals surface area contributed by atoms with Crippen molar-refractivity contribution in [1.82, 2.24) is 20.5 Å². The van der Waals surface area contributed by atoms with Crippen LogP contribution in [0.15, 0.2) is 10.4 Å². The highest BCUT2D eigenvalue weighted by atomic mass is 127. The first-order chi connectivity index (χ1) is 13.2. The molecule has 10 heteroatoms. The van der Waals surface area contributed by atoms with E-state index in [9.17, 15) is 4.79 Å². The summed E-state index contributed by atoms with van der Waals surface area (Å²) in [7, 11) is 3.95. The second-order valence-corrected chi connectivity index (χ2v) is 8.44. The number of nitrogens with zero attached hydrogens (tertiary/aromatic N) is 4. The molecule has 8 nitrogen and oxygen atoms in total. The molecule has 0 saturated carbocycles. The maximum atomic E-state index is 12.3. The number of ether oxygens (including phenoxy) is 1. The number of thiazole rings is 1. The Kier molecular flexibility index (Phi) is 13.2. The minimum absolute atomic E-state index is 0. The Morgan fingerprint density at radius 1 is 1.24 bits per heavy atom. The monoisotopic (exact) mass is 540 g/mol. The van der Waals surface area contributed by atoms with Gasteiger partial charge in [0.15, 0.2) is 11.1 Å². The van der Waals surface area contributed by atoms with Gasteiger partial charge in [-0.3, -0.25) is 0 Å². The summed E-state index contributed by atoms with van der Waals surface area (Å²) in [5.74, 6) is 0.711. The van der Waals surface area contributed by atoms with Gasteiger partial charge < -0.3 is 25.2 Å². The number of carbonyl (C=O) groups is 1. The summed E-state index contributed by atoms with van der Waals surface area (Å²) in [6, 6.07) is 0. The van der Waals surface area contributed by atoms with E-state index < -0.39 is 5.60 Å². The summed E-state index contributed by atoms with van der Waals surface area (Å²) >= 11 is 1.60. The van der Waals surface area contributed by atoms with Gasteiger partial charge in [0.25, 0.3) is 0 Å². The average molecular weight is 541 g/mol. The van der Waals surface area contributed by atoms with Gasteiger partial charge in [0.05, 0.1) is 12.2 Å². The molecule has 29 heavy (non-hydrogen) atoms. The molecule has 0 fully saturated rings. The number of anilines is 1. The van der Waals surface area contributed by atoms with Gasteiger partial charge in [-0.25, -0.2) is 14.8 Å². The van der Waals surface area contributed by atoms with Gasteiger partial charge in [0.1, 0.15) is 5.60 Å². The van der Waals surface area contributed by atoms with Gasteiger partial charge >= 0.3 is 6.09 Å². The van der Waals surface area contributed by atoms with Crippen molar-refractivity contribution in [2.24, 2.45) is 4.99 Å². The Morgan fingerprint density at radius 2 is 1.93 bits per heavy atom. The maximum absolute atomic E-state index is 12.3. The Hall–Kier alpha value is -1.30. The number of guanidine groups is 1. The van der Waals surface area contributed by atoms with Gasteiger partial charge in [-0.05, 0) is 34.1 Å². The molecule has 1 amide bonds. The van der Waals surface area contributed by atoms with E-state index in [1.165, 1.54) is 0 Å². The van der Waals surface area contributed by atoms with E-state index in [1.54, 1.807) is 16.2 Å². The predicted octanol–water partition coefficient (Wildman–Crippen LogP) is 3.53. The fourth-order valence-electron chi connectivity index (χ4n) is 2.28. The van der Waals surface area contributed by atoms with Crippen LogP contribution in [0.4, 0.5) is 9.93 Å². The Morgan fingerprint density at radius 3 is 2.45 bits per heavy atom. The zero-order valence-corrected chi connectivity index (χ0v) is 21.9. The first-order valence-electron chi connectivity index (χ1n) is 9.78. The van der Waals surface area contributed by atoms with Crippen LogP contribution >= 0.6 is 35.3 Å². The van der Waals surface area contributed by atoms with E-state index in [0.717, 1.165) is 23.8 Å². The Bertz CT molecular complexity index is 630. The summed E-state index contributed by atoms with van der Waals surface area (Å²) < 4.78 is 5.49. The van der Waals surface area contributed by atoms with Crippen LogP contribution in [0.3, 0.4) is 0 Å². The summed E-state index contributed by atoms with van der Waals surface area (Å²) in [5, 5.41) is 9.50. The Balaban J connectivity index is 0.00000784. The normalized spacial score (nSPS) is 11.5. The molecule has 1 rings (SSSR count). The van der Waals surface area contributed by atoms with E-state index >= 15 is 0 Å². The second-order valence-electron chi connectivity index (χ2n) is 7.61. The number of aliphatic imine (C=N–C) groups is 1. The number of carbonyl (C=O) groups excluding carboxylic acids is 1. The number of hydrogen-bond donors (Lipinski definition) is 2. The fraction of sp³-hybridized carbons (Fsp3) is 0.737. The molecule has 0 aromatic carbocycles. The van der Waals surface area contributed by atoms with Crippen LogP contribution in [0.25, 0.3) is 0 Å². The highest BCUT2D eigenvalue weighted by Crippen LogP contribution is 2.18. The number of hydrogen-bond acceptors (Lipinski definition) is 6. The zero-order valence-electron chi connectivity index (χ0n) is 18.7. The number of nitrogens with one attached hydrogen (secondary N) is 2. The van der Waals surface area contributed by atoms with E-state index in [2.05, 4.69) is 20.6 Å². The van der Waals surface area contributed by atoms with Crippen molar-refractivity contribution in [3.63, 3.8) is 0 Å². The van der Waals surface area contributed by atoms with Crippen LogP contribution < -0.4 is 15.5 Å². The number of halogens is 1. The first kappa shape index (κ1) is 27.7. The zero-order chi connectivity index (χ0) is 21.2. The lowest BCUT2D eigenvalue weighted by atomic mass is 10.2. The van der Waals surface area contributed by atoms with Crippen molar-refractivity contribution in [3.05, 3.63) is 11.1 Å². The fourth-order valence-corrected chi connectivity index (χ4v) is 3.03. The molecule has 1 aromatic heterocycles. The van der Waals surface area contributed by atoms with Crippen molar-refractivity contribution in [3.8, 4) is 0 Å². The van der Waals surface area contributed by atoms with Crippen molar-refractivity contribution in [1.29, 1.82) is 0 Å². The third kappa shape index (κ3) is 11.5. The molecule has 0 aliphatic rings. The Labute approximate surface area is 196 Å². The third-order valence-electron chi connectivity index (χ3n) is 3.48. The van der Waals surface area contributed by atoms with Crippen LogP contribution in [0.1, 0.15) is 46.7 Å². The first-order valence-corrected chi connectivity index (χ1v) is 10.7. The molecule has 0 spiro atoms.